The zero-order valence-electron chi connectivity index (χ0n) is 15.2. The van der Waals surface area contributed by atoms with Crippen molar-refractivity contribution < 1.29 is 37.8 Å². The fourth-order valence-corrected chi connectivity index (χ4v) is 3.29. The third-order valence-corrected chi connectivity index (χ3v) is 4.45. The molecule has 2 aromatic carbocycles. The van der Waals surface area contributed by atoms with Crippen LogP contribution in [0.4, 0.5) is 0 Å². The Morgan fingerprint density at radius 2 is 1.62 bits per heavy atom. The van der Waals surface area contributed by atoms with Gasteiger partial charge in [-0.1, -0.05) is 35.9 Å². The molecule has 24 heavy (non-hydrogen) atoms. The van der Waals surface area contributed by atoms with E-state index >= 15 is 0 Å². The van der Waals surface area contributed by atoms with Gasteiger partial charge in [-0.15, -0.1) is 11.6 Å². The summed E-state index contributed by atoms with van der Waals surface area (Å²) >= 11 is 0. The van der Waals surface area contributed by atoms with Crippen molar-refractivity contribution in [3.63, 3.8) is 0 Å². The maximum Gasteiger partial charge on any atom is 0.0119 e. The molecule has 1 atom stereocenters. The van der Waals surface area contributed by atoms with Crippen LogP contribution in [-0.2, 0) is 32.7 Å². The summed E-state index contributed by atoms with van der Waals surface area (Å²) in [6, 6.07) is 20.0. The fourth-order valence-electron chi connectivity index (χ4n) is 3.29. The molecule has 0 aliphatic heterocycles. The summed E-state index contributed by atoms with van der Waals surface area (Å²) in [6.45, 7) is 9.97. The Morgan fingerprint density at radius 1 is 1.00 bits per heavy atom. The SMILES string of the molecule is CC(C)N(CCC(c1ccccc1)c1c[c-]ccc1O)C(C)C.[Y]. The molecular weight excluding hydrogens is 371 g/mol. The van der Waals surface area contributed by atoms with Crippen LogP contribution in [0.2, 0.25) is 0 Å². The average Bonchev–Trinajstić information content (AvgIpc) is 2.53. The van der Waals surface area contributed by atoms with Crippen molar-refractivity contribution in [1.82, 2.24) is 4.90 Å². The Morgan fingerprint density at radius 3 is 2.17 bits per heavy atom. The number of rotatable bonds is 7. The fraction of sp³-hybridized carbons (Fsp3) is 0.429. The summed E-state index contributed by atoms with van der Waals surface area (Å²) in [6.07, 6.45) is 0.978. The summed E-state index contributed by atoms with van der Waals surface area (Å²) in [5.74, 6) is 0.548. The summed E-state index contributed by atoms with van der Waals surface area (Å²) in [5.41, 5.74) is 2.21. The predicted molar refractivity (Wildman–Crippen MR) is 96.8 cm³/mol. The number of hydrogen-bond donors (Lipinski definition) is 1. The van der Waals surface area contributed by atoms with Crippen LogP contribution in [0.15, 0.2) is 48.5 Å². The molecule has 0 fully saturated rings. The van der Waals surface area contributed by atoms with Gasteiger partial charge in [-0.2, -0.15) is 18.2 Å². The molecule has 0 bridgehead atoms. The van der Waals surface area contributed by atoms with E-state index in [0.29, 0.717) is 17.8 Å². The van der Waals surface area contributed by atoms with E-state index in [1.807, 2.05) is 12.1 Å². The third kappa shape index (κ3) is 5.69. The van der Waals surface area contributed by atoms with Crippen molar-refractivity contribution in [1.29, 1.82) is 0 Å². The second-order valence-electron chi connectivity index (χ2n) is 6.66. The van der Waals surface area contributed by atoms with Gasteiger partial charge in [0, 0.05) is 50.5 Å². The van der Waals surface area contributed by atoms with E-state index in [9.17, 15) is 5.11 Å². The minimum atomic E-state index is 0. The van der Waals surface area contributed by atoms with E-state index in [1.165, 1.54) is 5.56 Å². The van der Waals surface area contributed by atoms with Gasteiger partial charge >= 0.3 is 0 Å². The zero-order chi connectivity index (χ0) is 16.8. The molecule has 0 aliphatic rings. The van der Waals surface area contributed by atoms with Crippen LogP contribution in [0.5, 0.6) is 5.75 Å². The van der Waals surface area contributed by atoms with Crippen LogP contribution in [0.3, 0.4) is 0 Å². The standard InChI is InChI=1S/C21H28NO.Y/c1-16(2)22(17(3)4)15-14-19(18-10-6-5-7-11-18)20-12-8-9-13-21(20)23;/h5-7,9-13,16-17,19,23H,14-15H2,1-4H3;/q-1;. The second kappa shape index (κ2) is 10.3. The Bertz CT molecular complexity index is 590. The Labute approximate surface area is 172 Å². The van der Waals surface area contributed by atoms with E-state index in [0.717, 1.165) is 18.5 Å². The van der Waals surface area contributed by atoms with E-state index in [-0.39, 0.29) is 38.6 Å². The molecule has 1 unspecified atom stereocenters. The molecule has 1 radical (unpaired) electrons. The molecule has 0 aromatic heterocycles. The summed E-state index contributed by atoms with van der Waals surface area (Å²) in [5, 5.41) is 10.3. The van der Waals surface area contributed by atoms with Crippen molar-refractivity contribution in [2.45, 2.75) is 52.1 Å². The van der Waals surface area contributed by atoms with Crippen molar-refractivity contribution >= 4 is 0 Å². The number of phenols is 1. The summed E-state index contributed by atoms with van der Waals surface area (Å²) in [7, 11) is 0. The number of nitrogens with zero attached hydrogens (tertiary/aromatic N) is 1. The largest absolute Gasteiger partial charge is 0.533 e. The first kappa shape index (κ1) is 21.3. The molecule has 0 spiro atoms. The van der Waals surface area contributed by atoms with Crippen LogP contribution >= 0.6 is 0 Å². The van der Waals surface area contributed by atoms with Crippen LogP contribution in [-0.4, -0.2) is 28.6 Å². The van der Waals surface area contributed by atoms with Crippen molar-refractivity contribution in [2.75, 3.05) is 6.54 Å². The molecule has 3 heteroatoms. The molecule has 2 nitrogen and oxygen atoms in total. The maximum atomic E-state index is 10.3. The third-order valence-electron chi connectivity index (χ3n) is 4.45. The molecule has 0 saturated carbocycles. The van der Waals surface area contributed by atoms with Crippen molar-refractivity contribution in [3.05, 3.63) is 65.7 Å². The van der Waals surface area contributed by atoms with Gasteiger partial charge in [0.1, 0.15) is 0 Å². The van der Waals surface area contributed by atoms with Crippen molar-refractivity contribution in [3.8, 4) is 5.75 Å². The predicted octanol–water partition coefficient (Wildman–Crippen LogP) is 4.83. The molecule has 2 aromatic rings. The topological polar surface area (TPSA) is 23.5 Å². The molecule has 1 N–H and O–H groups in total. The van der Waals surface area contributed by atoms with E-state index in [2.05, 4.69) is 62.9 Å². The van der Waals surface area contributed by atoms with Gasteiger partial charge in [0.15, 0.2) is 0 Å². The monoisotopic (exact) mass is 399 g/mol. The molecule has 0 amide bonds. The quantitative estimate of drug-likeness (QED) is 0.674. The van der Waals surface area contributed by atoms with Crippen LogP contribution in [0.25, 0.3) is 0 Å². The molecule has 0 aliphatic carbocycles. The normalized spacial score (nSPS) is 12.5. The van der Waals surface area contributed by atoms with Crippen LogP contribution < -0.4 is 0 Å². The molecule has 0 heterocycles. The first-order valence-corrected chi connectivity index (χ1v) is 8.50. The molecular formula is C21H28NOY-. The van der Waals surface area contributed by atoms with E-state index < -0.39 is 0 Å². The van der Waals surface area contributed by atoms with Gasteiger partial charge in [0.2, 0.25) is 0 Å². The summed E-state index contributed by atoms with van der Waals surface area (Å²) < 4.78 is 0. The Kier molecular flexibility index (Phi) is 9.19. The Balaban J connectivity index is 0.00000288. The van der Waals surface area contributed by atoms with Crippen LogP contribution in [0, 0.1) is 6.07 Å². The van der Waals surface area contributed by atoms with Gasteiger partial charge in [-0.25, -0.2) is 0 Å². The maximum absolute atomic E-state index is 10.3. The van der Waals surface area contributed by atoms with Crippen molar-refractivity contribution in [2.24, 2.45) is 0 Å². The molecule has 0 saturated heterocycles. The smallest absolute Gasteiger partial charge is 0.0119 e. The Hall–Kier alpha value is -0.696. The van der Waals surface area contributed by atoms with Gasteiger partial charge in [0.05, 0.1) is 0 Å². The minimum absolute atomic E-state index is 0. The van der Waals surface area contributed by atoms with Gasteiger partial charge in [0.25, 0.3) is 0 Å². The first-order chi connectivity index (χ1) is 11.0. The minimum Gasteiger partial charge on any atom is -0.533 e. The van der Waals surface area contributed by atoms with Gasteiger partial charge in [-0.3, -0.25) is 4.90 Å². The zero-order valence-corrected chi connectivity index (χ0v) is 18.1. The number of benzene rings is 2. The van der Waals surface area contributed by atoms with Gasteiger partial charge < -0.3 is 5.11 Å². The average molecular weight is 399 g/mol. The molecule has 127 valence electrons. The number of phenolic OH excluding ortho intramolecular Hbond substituents is 1. The second-order valence-corrected chi connectivity index (χ2v) is 6.66. The number of aromatic hydroxyl groups is 1. The molecule has 2 rings (SSSR count). The van der Waals surface area contributed by atoms with Crippen LogP contribution in [0.1, 0.15) is 51.2 Å². The van der Waals surface area contributed by atoms with E-state index in [4.69, 9.17) is 0 Å². The first-order valence-electron chi connectivity index (χ1n) is 8.50. The van der Waals surface area contributed by atoms with Gasteiger partial charge in [-0.05, 0) is 46.6 Å². The van der Waals surface area contributed by atoms with E-state index in [1.54, 1.807) is 12.1 Å². The summed E-state index contributed by atoms with van der Waals surface area (Å²) in [4.78, 5) is 2.50. The number of hydrogen-bond acceptors (Lipinski definition) is 2.